The first-order valence-corrected chi connectivity index (χ1v) is 9.43. The van der Waals surface area contributed by atoms with Gasteiger partial charge in [0, 0.05) is 17.9 Å². The van der Waals surface area contributed by atoms with Crippen molar-refractivity contribution in [3.05, 3.63) is 29.8 Å². The molecule has 0 radical (unpaired) electrons. The van der Waals surface area contributed by atoms with Crippen LogP contribution < -0.4 is 5.32 Å². The van der Waals surface area contributed by atoms with Crippen LogP contribution in [0.25, 0.3) is 0 Å². The van der Waals surface area contributed by atoms with Crippen LogP contribution in [0.15, 0.2) is 29.2 Å². The molecule has 0 aliphatic heterocycles. The Morgan fingerprint density at radius 1 is 1.10 bits per heavy atom. The van der Waals surface area contributed by atoms with E-state index >= 15 is 0 Å². The standard InChI is InChI=1S/C16H21NO3S/c1-21(19,20)14-8-6-13(7-9-14)16(18)17-15-10-11-2-4-12(15)5-3-11/h6-9,11-12,15H,2-5,10H2,1H3,(H,17,18). The quantitative estimate of drug-likeness (QED) is 0.932. The third-order valence-corrected chi connectivity index (χ3v) is 6.04. The third kappa shape index (κ3) is 3.12. The molecule has 3 aliphatic carbocycles. The van der Waals surface area contributed by atoms with Crippen molar-refractivity contribution in [3.63, 3.8) is 0 Å². The van der Waals surface area contributed by atoms with Gasteiger partial charge >= 0.3 is 0 Å². The lowest BCUT2D eigenvalue weighted by atomic mass is 9.68. The van der Waals surface area contributed by atoms with E-state index in [2.05, 4.69) is 5.32 Å². The lowest BCUT2D eigenvalue weighted by molar-refractivity contribution is 0.0810. The zero-order valence-electron chi connectivity index (χ0n) is 12.2. The summed E-state index contributed by atoms with van der Waals surface area (Å²) in [5.41, 5.74) is 0.531. The van der Waals surface area contributed by atoms with E-state index in [0.29, 0.717) is 17.5 Å². The highest BCUT2D eigenvalue weighted by atomic mass is 32.2. The third-order valence-electron chi connectivity index (χ3n) is 4.91. The van der Waals surface area contributed by atoms with Crippen molar-refractivity contribution < 1.29 is 13.2 Å². The molecule has 1 amide bonds. The van der Waals surface area contributed by atoms with Gasteiger partial charge in [0.05, 0.1) is 4.90 Å². The molecule has 1 atom stereocenters. The van der Waals surface area contributed by atoms with Crippen LogP contribution in [0.2, 0.25) is 0 Å². The molecule has 3 aliphatic rings. The summed E-state index contributed by atoms with van der Waals surface area (Å²) in [6.45, 7) is 0. The largest absolute Gasteiger partial charge is 0.349 e. The summed E-state index contributed by atoms with van der Waals surface area (Å²) < 4.78 is 22.8. The number of hydrogen-bond acceptors (Lipinski definition) is 3. The molecule has 2 bridgehead atoms. The SMILES string of the molecule is CS(=O)(=O)c1ccc(C(=O)NC2CC3CCC2CC3)cc1. The molecule has 1 aromatic rings. The van der Waals surface area contributed by atoms with E-state index in [4.69, 9.17) is 0 Å². The van der Waals surface area contributed by atoms with Crippen molar-refractivity contribution in [2.24, 2.45) is 11.8 Å². The molecular formula is C16H21NO3S. The Morgan fingerprint density at radius 2 is 1.71 bits per heavy atom. The van der Waals surface area contributed by atoms with Crippen molar-refractivity contribution >= 4 is 15.7 Å². The molecule has 0 spiro atoms. The number of rotatable bonds is 3. The minimum absolute atomic E-state index is 0.0902. The fraction of sp³-hybridized carbons (Fsp3) is 0.562. The van der Waals surface area contributed by atoms with Gasteiger partial charge in [-0.05, 0) is 55.4 Å². The average molecular weight is 307 g/mol. The van der Waals surface area contributed by atoms with Crippen LogP contribution in [-0.4, -0.2) is 26.6 Å². The first kappa shape index (κ1) is 14.6. The van der Waals surface area contributed by atoms with Crippen molar-refractivity contribution in [1.29, 1.82) is 0 Å². The second-order valence-electron chi connectivity index (χ2n) is 6.39. The molecule has 114 valence electrons. The molecule has 3 saturated carbocycles. The van der Waals surface area contributed by atoms with Gasteiger partial charge in [-0.3, -0.25) is 4.79 Å². The number of sulfone groups is 1. The maximum Gasteiger partial charge on any atom is 0.251 e. The minimum atomic E-state index is -3.21. The predicted octanol–water partition coefficient (Wildman–Crippen LogP) is 2.40. The van der Waals surface area contributed by atoms with E-state index in [1.165, 1.54) is 44.1 Å². The van der Waals surface area contributed by atoms with Crippen LogP contribution in [0.5, 0.6) is 0 Å². The number of fused-ring (bicyclic) bond motifs is 3. The van der Waals surface area contributed by atoms with Crippen molar-refractivity contribution in [3.8, 4) is 0 Å². The molecule has 1 aromatic carbocycles. The fourth-order valence-corrected chi connectivity index (χ4v) is 4.29. The number of carbonyl (C=O) groups excluding carboxylic acids is 1. The second-order valence-corrected chi connectivity index (χ2v) is 8.41. The predicted molar refractivity (Wildman–Crippen MR) is 80.9 cm³/mol. The van der Waals surface area contributed by atoms with Crippen LogP contribution in [0, 0.1) is 11.8 Å². The van der Waals surface area contributed by atoms with Gasteiger partial charge in [0.25, 0.3) is 5.91 Å². The van der Waals surface area contributed by atoms with Crippen molar-refractivity contribution in [2.45, 2.75) is 43.0 Å². The molecule has 5 heteroatoms. The molecule has 0 saturated heterocycles. The van der Waals surface area contributed by atoms with Gasteiger partial charge in [0.2, 0.25) is 0 Å². The number of carbonyl (C=O) groups is 1. The molecule has 4 rings (SSSR count). The topological polar surface area (TPSA) is 63.2 Å². The fourth-order valence-electron chi connectivity index (χ4n) is 3.66. The zero-order valence-corrected chi connectivity index (χ0v) is 13.0. The zero-order chi connectivity index (χ0) is 15.0. The van der Waals surface area contributed by atoms with Crippen molar-refractivity contribution in [2.75, 3.05) is 6.26 Å². The summed E-state index contributed by atoms with van der Waals surface area (Å²) >= 11 is 0. The van der Waals surface area contributed by atoms with Crippen LogP contribution in [0.1, 0.15) is 42.5 Å². The van der Waals surface area contributed by atoms with Crippen LogP contribution in [0.3, 0.4) is 0 Å². The Hall–Kier alpha value is -1.36. The summed E-state index contributed by atoms with van der Waals surface area (Å²) in [4.78, 5) is 12.5. The molecular weight excluding hydrogens is 286 g/mol. The first-order valence-electron chi connectivity index (χ1n) is 7.54. The average Bonchev–Trinajstić information content (AvgIpc) is 2.48. The minimum Gasteiger partial charge on any atom is -0.349 e. The molecule has 0 heterocycles. The van der Waals surface area contributed by atoms with E-state index in [1.54, 1.807) is 12.1 Å². The number of hydrogen-bond donors (Lipinski definition) is 1. The van der Waals surface area contributed by atoms with Crippen LogP contribution in [-0.2, 0) is 9.84 Å². The molecule has 0 aromatic heterocycles. The second kappa shape index (κ2) is 5.44. The van der Waals surface area contributed by atoms with E-state index in [9.17, 15) is 13.2 Å². The highest BCUT2D eigenvalue weighted by molar-refractivity contribution is 7.90. The Balaban J connectivity index is 1.68. The first-order chi connectivity index (χ1) is 9.93. The molecule has 3 fully saturated rings. The van der Waals surface area contributed by atoms with Gasteiger partial charge < -0.3 is 5.32 Å². The number of amides is 1. The van der Waals surface area contributed by atoms with E-state index in [1.807, 2.05) is 0 Å². The molecule has 21 heavy (non-hydrogen) atoms. The van der Waals surface area contributed by atoms with Gasteiger partial charge in [-0.1, -0.05) is 12.8 Å². The highest BCUT2D eigenvalue weighted by Gasteiger charge is 2.36. The Morgan fingerprint density at radius 3 is 2.19 bits per heavy atom. The van der Waals surface area contributed by atoms with E-state index < -0.39 is 9.84 Å². The molecule has 4 nitrogen and oxygen atoms in total. The number of benzene rings is 1. The maximum atomic E-state index is 12.3. The summed E-state index contributed by atoms with van der Waals surface area (Å²) in [6, 6.07) is 6.47. The summed E-state index contributed by atoms with van der Waals surface area (Å²) in [6.07, 6.45) is 7.32. The summed E-state index contributed by atoms with van der Waals surface area (Å²) in [5.74, 6) is 1.30. The lowest BCUT2D eigenvalue weighted by Crippen LogP contribution is -2.47. The number of nitrogens with one attached hydrogen (secondary N) is 1. The van der Waals surface area contributed by atoms with Crippen LogP contribution in [0.4, 0.5) is 0 Å². The van der Waals surface area contributed by atoms with Gasteiger partial charge in [-0.2, -0.15) is 0 Å². The van der Waals surface area contributed by atoms with Gasteiger partial charge in [0.1, 0.15) is 0 Å². The lowest BCUT2D eigenvalue weighted by Gasteiger charge is -2.42. The highest BCUT2D eigenvalue weighted by Crippen LogP contribution is 2.41. The van der Waals surface area contributed by atoms with E-state index in [0.717, 1.165) is 12.3 Å². The Labute approximate surface area is 125 Å². The van der Waals surface area contributed by atoms with E-state index in [-0.39, 0.29) is 10.8 Å². The summed E-state index contributed by atoms with van der Waals surface area (Å²) in [7, 11) is -3.21. The smallest absolute Gasteiger partial charge is 0.251 e. The molecule has 1 unspecified atom stereocenters. The monoisotopic (exact) mass is 307 g/mol. The molecule has 1 N–H and O–H groups in total. The van der Waals surface area contributed by atoms with Gasteiger partial charge in [0.15, 0.2) is 9.84 Å². The Bertz CT molecular complexity index is 628. The summed E-state index contributed by atoms with van der Waals surface area (Å²) in [5, 5.41) is 3.14. The normalized spacial score (nSPS) is 28.3. The van der Waals surface area contributed by atoms with Gasteiger partial charge in [-0.25, -0.2) is 8.42 Å². The van der Waals surface area contributed by atoms with Crippen molar-refractivity contribution in [1.82, 2.24) is 5.32 Å². The Kier molecular flexibility index (Phi) is 3.78. The maximum absolute atomic E-state index is 12.3. The van der Waals surface area contributed by atoms with Crippen LogP contribution >= 0.6 is 0 Å². The van der Waals surface area contributed by atoms with Gasteiger partial charge in [-0.15, -0.1) is 0 Å².